The Morgan fingerprint density at radius 3 is 2.68 bits per heavy atom. The average molecular weight is 500 g/mol. The van der Waals surface area contributed by atoms with Crippen molar-refractivity contribution in [1.29, 1.82) is 0 Å². The second kappa shape index (κ2) is 9.67. The van der Waals surface area contributed by atoms with Crippen LogP contribution in [0.1, 0.15) is 36.7 Å². The van der Waals surface area contributed by atoms with Crippen molar-refractivity contribution < 1.29 is 22.8 Å². The number of hydroxylamine groups is 1. The highest BCUT2D eigenvalue weighted by molar-refractivity contribution is 7.89. The van der Waals surface area contributed by atoms with E-state index in [1.165, 1.54) is 48.9 Å². The number of rotatable bonds is 6. The molecular weight excluding hydrogens is 474 g/mol. The maximum atomic E-state index is 13.2. The van der Waals surface area contributed by atoms with Gasteiger partial charge in [0.25, 0.3) is 21.8 Å². The molecule has 1 aliphatic rings. The van der Waals surface area contributed by atoms with Crippen LogP contribution in [-0.2, 0) is 27.8 Å². The van der Waals surface area contributed by atoms with E-state index in [1.807, 2.05) is 10.3 Å². The number of anilines is 1. The molecule has 2 heterocycles. The van der Waals surface area contributed by atoms with Crippen molar-refractivity contribution in [2.45, 2.75) is 24.8 Å². The Labute approximate surface area is 202 Å². The Bertz CT molecular complexity index is 1350. The zero-order valence-corrected chi connectivity index (χ0v) is 20.7. The molecule has 0 saturated heterocycles. The number of nitrogens with one attached hydrogen (secondary N) is 1. The van der Waals surface area contributed by atoms with E-state index in [2.05, 4.69) is 11.4 Å². The van der Waals surface area contributed by atoms with Gasteiger partial charge in [-0.05, 0) is 66.2 Å². The summed E-state index contributed by atoms with van der Waals surface area (Å²) in [7, 11) is -1.37. The van der Waals surface area contributed by atoms with Crippen LogP contribution in [0.2, 0.25) is 0 Å². The fourth-order valence-electron chi connectivity index (χ4n) is 3.83. The zero-order chi connectivity index (χ0) is 24.5. The Morgan fingerprint density at radius 2 is 1.91 bits per heavy atom. The molecule has 178 valence electrons. The van der Waals surface area contributed by atoms with E-state index in [0.29, 0.717) is 29.9 Å². The van der Waals surface area contributed by atoms with Crippen LogP contribution in [0, 0.1) is 6.92 Å². The molecule has 1 N–H and O–H groups in total. The van der Waals surface area contributed by atoms with Crippen molar-refractivity contribution in [2.24, 2.45) is 0 Å². The lowest BCUT2D eigenvalue weighted by Gasteiger charge is -2.28. The van der Waals surface area contributed by atoms with Gasteiger partial charge in [-0.2, -0.15) is 0 Å². The highest BCUT2D eigenvalue weighted by Gasteiger charge is 2.25. The number of benzene rings is 2. The van der Waals surface area contributed by atoms with Crippen LogP contribution in [0.3, 0.4) is 0 Å². The number of amides is 2. The predicted molar refractivity (Wildman–Crippen MR) is 130 cm³/mol. The Balaban J connectivity index is 1.54. The Hall–Kier alpha value is -3.05. The first kappa shape index (κ1) is 24.1. The minimum Gasteiger partial charge on any atom is -0.334 e. The predicted octanol–water partition coefficient (Wildman–Crippen LogP) is 3.69. The molecule has 3 aromatic rings. The first-order chi connectivity index (χ1) is 16.2. The first-order valence-electron chi connectivity index (χ1n) is 10.6. The summed E-state index contributed by atoms with van der Waals surface area (Å²) in [5, 5.41) is 4.86. The van der Waals surface area contributed by atoms with Gasteiger partial charge in [0.1, 0.15) is 0 Å². The van der Waals surface area contributed by atoms with Crippen LogP contribution in [0.25, 0.3) is 0 Å². The number of thiophene rings is 1. The van der Waals surface area contributed by atoms with Crippen LogP contribution in [-0.4, -0.2) is 50.3 Å². The van der Waals surface area contributed by atoms with E-state index in [4.69, 9.17) is 4.84 Å². The van der Waals surface area contributed by atoms with E-state index >= 15 is 0 Å². The number of sulfonamides is 1. The van der Waals surface area contributed by atoms with Crippen LogP contribution in [0.15, 0.2) is 58.8 Å². The lowest BCUT2D eigenvalue weighted by molar-refractivity contribution is -0.0258. The van der Waals surface area contributed by atoms with Gasteiger partial charge < -0.3 is 10.2 Å². The Kier molecular flexibility index (Phi) is 6.85. The lowest BCUT2D eigenvalue weighted by Crippen LogP contribution is -2.35. The molecule has 2 aromatic carbocycles. The molecule has 4 rings (SSSR count). The van der Waals surface area contributed by atoms with Gasteiger partial charge in [-0.3, -0.25) is 14.4 Å². The molecule has 1 aliphatic heterocycles. The first-order valence-corrected chi connectivity index (χ1v) is 12.9. The summed E-state index contributed by atoms with van der Waals surface area (Å²) in [5.41, 5.74) is 3.02. The van der Waals surface area contributed by atoms with Crippen molar-refractivity contribution in [1.82, 2.24) is 9.37 Å². The maximum Gasteiger partial charge on any atom is 0.264 e. The van der Waals surface area contributed by atoms with Gasteiger partial charge in [0, 0.05) is 41.8 Å². The van der Waals surface area contributed by atoms with E-state index in [-0.39, 0.29) is 16.4 Å². The molecule has 0 aliphatic carbocycles. The molecule has 0 fully saturated rings. The third kappa shape index (κ3) is 4.62. The molecule has 1 aromatic heterocycles. The number of hydrogen-bond acceptors (Lipinski definition) is 6. The van der Waals surface area contributed by atoms with E-state index in [1.54, 1.807) is 36.5 Å². The van der Waals surface area contributed by atoms with Crippen molar-refractivity contribution >= 4 is 38.9 Å². The molecule has 0 radical (unpaired) electrons. The highest BCUT2D eigenvalue weighted by Crippen LogP contribution is 2.27. The molecule has 0 unspecified atom stereocenters. The van der Waals surface area contributed by atoms with Gasteiger partial charge >= 0.3 is 0 Å². The SMILES string of the molecule is CON(C)S(=O)(=O)c1cccc(C(=O)Nc2cccc(C(=O)N3CCc4sccc4C3)c2C)c1. The second-order valence-electron chi connectivity index (χ2n) is 7.90. The third-order valence-electron chi connectivity index (χ3n) is 5.90. The fraction of sp³-hybridized carbons (Fsp3) is 0.250. The molecule has 8 nitrogen and oxygen atoms in total. The highest BCUT2D eigenvalue weighted by atomic mass is 32.2. The van der Waals surface area contributed by atoms with Gasteiger partial charge in [-0.15, -0.1) is 11.3 Å². The van der Waals surface area contributed by atoms with E-state index in [0.717, 1.165) is 10.9 Å². The van der Waals surface area contributed by atoms with Crippen molar-refractivity contribution in [3.05, 3.63) is 81.0 Å². The number of nitrogens with zero attached hydrogens (tertiary/aromatic N) is 2. The summed E-state index contributed by atoms with van der Waals surface area (Å²) in [6.45, 7) is 3.02. The number of carbonyl (C=O) groups is 2. The molecule has 2 amide bonds. The van der Waals surface area contributed by atoms with Crippen LogP contribution in [0.4, 0.5) is 5.69 Å². The number of fused-ring (bicyclic) bond motifs is 1. The number of carbonyl (C=O) groups excluding carboxylic acids is 2. The quantitative estimate of drug-likeness (QED) is 0.522. The summed E-state index contributed by atoms with van der Waals surface area (Å²) in [5.74, 6) is -0.563. The van der Waals surface area contributed by atoms with Gasteiger partial charge in [0.05, 0.1) is 12.0 Å². The molecule has 0 bridgehead atoms. The van der Waals surface area contributed by atoms with Crippen molar-refractivity contribution in [2.75, 3.05) is 26.0 Å². The summed E-state index contributed by atoms with van der Waals surface area (Å²) < 4.78 is 25.7. The molecule has 0 atom stereocenters. The monoisotopic (exact) mass is 499 g/mol. The van der Waals surface area contributed by atoms with Crippen molar-refractivity contribution in [3.63, 3.8) is 0 Å². The van der Waals surface area contributed by atoms with Gasteiger partial charge in [-0.1, -0.05) is 16.6 Å². The zero-order valence-electron chi connectivity index (χ0n) is 19.1. The molecular formula is C24H25N3O5S2. The number of hydrogen-bond donors (Lipinski definition) is 1. The largest absolute Gasteiger partial charge is 0.334 e. The molecule has 0 spiro atoms. The molecule has 10 heteroatoms. The van der Waals surface area contributed by atoms with Gasteiger partial charge in [0.15, 0.2) is 0 Å². The lowest BCUT2D eigenvalue weighted by atomic mass is 10.0. The minimum absolute atomic E-state index is 0.0666. The average Bonchev–Trinajstić information content (AvgIpc) is 3.32. The van der Waals surface area contributed by atoms with Gasteiger partial charge in [-0.25, -0.2) is 8.42 Å². The molecule has 34 heavy (non-hydrogen) atoms. The smallest absolute Gasteiger partial charge is 0.264 e. The summed E-state index contributed by atoms with van der Waals surface area (Å²) in [4.78, 5) is 34.0. The maximum absolute atomic E-state index is 13.2. The minimum atomic E-state index is -3.89. The topological polar surface area (TPSA) is 96.0 Å². The van der Waals surface area contributed by atoms with Gasteiger partial charge in [0.2, 0.25) is 0 Å². The van der Waals surface area contributed by atoms with Crippen molar-refractivity contribution in [3.8, 4) is 0 Å². The summed E-state index contributed by atoms with van der Waals surface area (Å²) >= 11 is 1.72. The van der Waals surface area contributed by atoms with Crippen LogP contribution >= 0.6 is 11.3 Å². The third-order valence-corrected chi connectivity index (χ3v) is 8.60. The fourth-order valence-corrected chi connectivity index (χ4v) is 5.74. The van der Waals surface area contributed by atoms with Crippen LogP contribution in [0.5, 0.6) is 0 Å². The molecule has 0 saturated carbocycles. The van der Waals surface area contributed by atoms with E-state index in [9.17, 15) is 18.0 Å². The summed E-state index contributed by atoms with van der Waals surface area (Å²) in [6, 6.07) is 13.0. The van der Waals surface area contributed by atoms with Crippen LogP contribution < -0.4 is 5.32 Å². The second-order valence-corrected chi connectivity index (χ2v) is 10.8. The normalized spacial score (nSPS) is 13.6. The summed E-state index contributed by atoms with van der Waals surface area (Å²) in [6.07, 6.45) is 0.839. The van der Waals surface area contributed by atoms with E-state index < -0.39 is 15.9 Å². The standard InChI is InChI=1S/C24H25N3O5S2/c1-16-20(24(29)27-12-10-22-18(15-27)11-13-33-22)8-5-9-21(16)25-23(28)17-6-4-7-19(14-17)34(30,31)26(2)32-3/h4-9,11,13-14H,10,12,15H2,1-3H3,(H,25,28). The Morgan fingerprint density at radius 1 is 1.15 bits per heavy atom.